The summed E-state index contributed by atoms with van der Waals surface area (Å²) < 4.78 is 0. The van der Waals surface area contributed by atoms with E-state index in [2.05, 4.69) is 76.8 Å². The Morgan fingerprint density at radius 2 is 1.61 bits per heavy atom. The highest BCUT2D eigenvalue weighted by Gasteiger charge is 2.25. The van der Waals surface area contributed by atoms with Crippen LogP contribution in [0.3, 0.4) is 0 Å². The van der Waals surface area contributed by atoms with E-state index >= 15 is 0 Å². The van der Waals surface area contributed by atoms with Gasteiger partial charge < -0.3 is 15.1 Å². The summed E-state index contributed by atoms with van der Waals surface area (Å²) in [4.78, 5) is 17.9. The van der Waals surface area contributed by atoms with E-state index in [1.54, 1.807) is 0 Å². The first-order valence-corrected chi connectivity index (χ1v) is 12.1. The molecule has 1 fully saturated rings. The van der Waals surface area contributed by atoms with Crippen LogP contribution in [0.4, 0.5) is 5.69 Å². The van der Waals surface area contributed by atoms with Crippen LogP contribution in [0.15, 0.2) is 72.8 Å². The van der Waals surface area contributed by atoms with Gasteiger partial charge in [-0.25, -0.2) is 0 Å². The first kappa shape index (κ1) is 21.7. The number of piperazine rings is 1. The number of rotatable bonds is 5. The molecule has 2 aliphatic rings. The molecule has 0 spiro atoms. The number of carbonyl (C=O) groups excluding carboxylic acids is 1. The normalized spacial score (nSPS) is 18.6. The summed E-state index contributed by atoms with van der Waals surface area (Å²) in [6.45, 7) is 4.34. The second-order valence-corrected chi connectivity index (χ2v) is 9.48. The Morgan fingerprint density at radius 3 is 2.36 bits per heavy atom. The highest BCUT2D eigenvalue weighted by Crippen LogP contribution is 2.31. The van der Waals surface area contributed by atoms with Crippen molar-refractivity contribution in [2.75, 3.05) is 38.1 Å². The lowest BCUT2D eigenvalue weighted by molar-refractivity contribution is 0.0933. The molecule has 3 aromatic rings. The van der Waals surface area contributed by atoms with Crippen molar-refractivity contribution in [1.29, 1.82) is 0 Å². The van der Waals surface area contributed by atoms with Gasteiger partial charge in [0.05, 0.1) is 0 Å². The van der Waals surface area contributed by atoms with Gasteiger partial charge in [-0.2, -0.15) is 0 Å². The number of anilines is 1. The molecule has 1 N–H and O–H groups in total. The first-order chi connectivity index (χ1) is 16.2. The summed E-state index contributed by atoms with van der Waals surface area (Å²) in [7, 11) is 2.19. The van der Waals surface area contributed by atoms with Gasteiger partial charge in [-0.15, -0.1) is 0 Å². The van der Waals surface area contributed by atoms with E-state index in [1.165, 1.54) is 27.9 Å². The van der Waals surface area contributed by atoms with Crippen molar-refractivity contribution in [1.82, 2.24) is 10.2 Å². The van der Waals surface area contributed by atoms with Crippen molar-refractivity contribution in [3.8, 4) is 0 Å². The van der Waals surface area contributed by atoms with Gasteiger partial charge in [-0.05, 0) is 73.2 Å². The molecular weight excluding hydrogens is 406 g/mol. The van der Waals surface area contributed by atoms with Crippen molar-refractivity contribution in [2.24, 2.45) is 0 Å². The molecule has 5 rings (SSSR count). The smallest absolute Gasteiger partial charge is 0.251 e. The Morgan fingerprint density at radius 1 is 0.879 bits per heavy atom. The molecule has 33 heavy (non-hydrogen) atoms. The largest absolute Gasteiger partial charge is 0.369 e. The van der Waals surface area contributed by atoms with E-state index in [4.69, 9.17) is 0 Å². The SMILES string of the molecule is CN1CCN(c2cccc3c2CC(NC(=O)c2ccc(Cc4ccccc4)cc2)CC3)CC1. The summed E-state index contributed by atoms with van der Waals surface area (Å²) >= 11 is 0. The zero-order valence-corrected chi connectivity index (χ0v) is 19.5. The molecule has 1 aliphatic heterocycles. The molecule has 1 unspecified atom stereocenters. The maximum atomic E-state index is 13.0. The van der Waals surface area contributed by atoms with Gasteiger partial charge in [0.25, 0.3) is 5.91 Å². The summed E-state index contributed by atoms with van der Waals surface area (Å²) in [6, 6.07) is 25.4. The highest BCUT2D eigenvalue weighted by atomic mass is 16.1. The van der Waals surface area contributed by atoms with Gasteiger partial charge in [0.15, 0.2) is 0 Å². The maximum absolute atomic E-state index is 13.0. The monoisotopic (exact) mass is 439 g/mol. The van der Waals surface area contributed by atoms with Crippen molar-refractivity contribution in [2.45, 2.75) is 31.7 Å². The Bertz CT molecular complexity index is 1090. The van der Waals surface area contributed by atoms with Crippen LogP contribution in [0.5, 0.6) is 0 Å². The van der Waals surface area contributed by atoms with Gasteiger partial charge in [0.1, 0.15) is 0 Å². The van der Waals surface area contributed by atoms with Crippen molar-refractivity contribution in [3.63, 3.8) is 0 Å². The van der Waals surface area contributed by atoms with Crippen LogP contribution in [-0.4, -0.2) is 50.1 Å². The summed E-state index contributed by atoms with van der Waals surface area (Å²) in [5.74, 6) is 0.0341. The number of nitrogens with one attached hydrogen (secondary N) is 1. The van der Waals surface area contributed by atoms with Crippen LogP contribution in [0, 0.1) is 0 Å². The number of nitrogens with zero attached hydrogens (tertiary/aromatic N) is 2. The zero-order chi connectivity index (χ0) is 22.6. The maximum Gasteiger partial charge on any atom is 0.251 e. The average Bonchev–Trinajstić information content (AvgIpc) is 2.85. The van der Waals surface area contributed by atoms with Crippen LogP contribution >= 0.6 is 0 Å². The Kier molecular flexibility index (Phi) is 6.45. The fourth-order valence-corrected chi connectivity index (χ4v) is 5.11. The minimum absolute atomic E-state index is 0.0341. The molecule has 1 atom stereocenters. The van der Waals surface area contributed by atoms with E-state index in [-0.39, 0.29) is 11.9 Å². The van der Waals surface area contributed by atoms with Crippen LogP contribution in [0.25, 0.3) is 0 Å². The van der Waals surface area contributed by atoms with Gasteiger partial charge in [-0.1, -0.05) is 54.6 Å². The number of likely N-dealkylation sites (N-methyl/N-ethyl adjacent to an activating group) is 1. The van der Waals surface area contributed by atoms with E-state index in [1.807, 2.05) is 18.2 Å². The van der Waals surface area contributed by atoms with E-state index in [9.17, 15) is 4.79 Å². The molecular formula is C29H33N3O. The molecule has 1 saturated heterocycles. The number of hydrogen-bond donors (Lipinski definition) is 1. The molecule has 1 aliphatic carbocycles. The molecule has 1 amide bonds. The minimum atomic E-state index is 0.0341. The van der Waals surface area contributed by atoms with Gasteiger partial charge in [-0.3, -0.25) is 4.79 Å². The molecule has 3 aromatic carbocycles. The molecule has 0 radical (unpaired) electrons. The predicted molar refractivity (Wildman–Crippen MR) is 135 cm³/mol. The van der Waals surface area contributed by atoms with Crippen LogP contribution in [0.1, 0.15) is 39.0 Å². The molecule has 0 saturated carbocycles. The Labute approximate surface area is 197 Å². The topological polar surface area (TPSA) is 35.6 Å². The van der Waals surface area contributed by atoms with E-state index < -0.39 is 0 Å². The van der Waals surface area contributed by atoms with Crippen molar-refractivity contribution in [3.05, 3.63) is 101 Å². The Balaban J connectivity index is 1.24. The molecule has 4 nitrogen and oxygen atoms in total. The molecule has 170 valence electrons. The van der Waals surface area contributed by atoms with Crippen LogP contribution in [0.2, 0.25) is 0 Å². The standard InChI is InChI=1S/C29H33N3O/c1-31-16-18-32(19-17-31)28-9-5-8-24-14-15-26(21-27(24)28)30-29(33)25-12-10-23(11-13-25)20-22-6-3-2-4-7-22/h2-13,26H,14-21H2,1H3,(H,30,33). The van der Waals surface area contributed by atoms with Gasteiger partial charge in [0.2, 0.25) is 0 Å². The van der Waals surface area contributed by atoms with Crippen LogP contribution < -0.4 is 10.2 Å². The zero-order valence-electron chi connectivity index (χ0n) is 19.5. The number of fused-ring (bicyclic) bond motifs is 1. The molecule has 4 heteroatoms. The van der Waals surface area contributed by atoms with Crippen LogP contribution in [-0.2, 0) is 19.3 Å². The second-order valence-electron chi connectivity index (χ2n) is 9.48. The first-order valence-electron chi connectivity index (χ1n) is 12.1. The van der Waals surface area contributed by atoms with Crippen molar-refractivity contribution >= 4 is 11.6 Å². The molecule has 0 bridgehead atoms. The third-order valence-electron chi connectivity index (χ3n) is 7.11. The molecule has 0 aromatic heterocycles. The Hall–Kier alpha value is -3.11. The third-order valence-corrected chi connectivity index (χ3v) is 7.11. The van der Waals surface area contributed by atoms with Gasteiger partial charge >= 0.3 is 0 Å². The van der Waals surface area contributed by atoms with Gasteiger partial charge in [0, 0.05) is 43.5 Å². The lowest BCUT2D eigenvalue weighted by atomic mass is 9.86. The lowest BCUT2D eigenvalue weighted by Crippen LogP contribution is -2.45. The average molecular weight is 440 g/mol. The summed E-state index contributed by atoms with van der Waals surface area (Å²) in [6.07, 6.45) is 3.82. The number of carbonyl (C=O) groups is 1. The second kappa shape index (κ2) is 9.80. The third kappa shape index (κ3) is 5.12. The van der Waals surface area contributed by atoms with Crippen molar-refractivity contribution < 1.29 is 4.79 Å². The summed E-state index contributed by atoms with van der Waals surface area (Å²) in [5.41, 5.74) is 7.49. The highest BCUT2D eigenvalue weighted by molar-refractivity contribution is 5.94. The predicted octanol–water partition coefficient (Wildman–Crippen LogP) is 4.32. The fourth-order valence-electron chi connectivity index (χ4n) is 5.11. The number of aryl methyl sites for hydroxylation is 1. The van der Waals surface area contributed by atoms with E-state index in [0.717, 1.165) is 57.4 Å². The lowest BCUT2D eigenvalue weighted by Gasteiger charge is -2.37. The summed E-state index contributed by atoms with van der Waals surface area (Å²) in [5, 5.41) is 3.32. The number of hydrogen-bond acceptors (Lipinski definition) is 3. The fraction of sp³-hybridized carbons (Fsp3) is 0.345. The van der Waals surface area contributed by atoms with E-state index in [0.29, 0.717) is 0 Å². The molecule has 1 heterocycles. The minimum Gasteiger partial charge on any atom is -0.369 e. The number of amides is 1. The quantitative estimate of drug-likeness (QED) is 0.643. The number of benzene rings is 3.